The molecule has 15 nitrogen and oxygen atoms in total. The minimum atomic E-state index is -0.716. The molecule has 16 heteroatoms. The summed E-state index contributed by atoms with van der Waals surface area (Å²) in [6.07, 6.45) is 4.01. The first kappa shape index (κ1) is 40.4. The summed E-state index contributed by atoms with van der Waals surface area (Å²) >= 11 is 6.75. The summed E-state index contributed by atoms with van der Waals surface area (Å²) in [4.78, 5) is 76.9. The summed E-state index contributed by atoms with van der Waals surface area (Å²) in [5.41, 5.74) is 5.93. The molecule has 2 saturated heterocycles. The van der Waals surface area contributed by atoms with Crippen molar-refractivity contribution in [1.82, 2.24) is 45.4 Å². The molecular formula is C45H50ClN9O6. The van der Waals surface area contributed by atoms with Crippen LogP contribution in [0, 0.1) is 23.7 Å². The number of H-pyrrole nitrogens is 2. The van der Waals surface area contributed by atoms with Crippen LogP contribution in [0.3, 0.4) is 0 Å². The van der Waals surface area contributed by atoms with E-state index in [9.17, 15) is 19.2 Å². The van der Waals surface area contributed by atoms with Gasteiger partial charge in [-0.15, -0.1) is 0 Å². The van der Waals surface area contributed by atoms with Crippen molar-refractivity contribution in [2.24, 2.45) is 23.7 Å². The molecule has 4 N–H and O–H groups in total. The predicted molar refractivity (Wildman–Crippen MR) is 228 cm³/mol. The van der Waals surface area contributed by atoms with Crippen molar-refractivity contribution in [2.45, 2.75) is 89.6 Å². The van der Waals surface area contributed by atoms with Crippen LogP contribution < -0.4 is 10.6 Å². The number of hydrogen-bond donors (Lipinski definition) is 4. The number of likely N-dealkylation sites (tertiary alicyclic amines) is 2. The smallest absolute Gasteiger partial charge is 0.407 e. The van der Waals surface area contributed by atoms with Crippen LogP contribution in [0.15, 0.2) is 60.8 Å². The highest BCUT2D eigenvalue weighted by molar-refractivity contribution is 6.32. The van der Waals surface area contributed by atoms with Gasteiger partial charge in [0.15, 0.2) is 5.15 Å². The fraction of sp³-hybridized carbons (Fsp3) is 0.444. The number of fused-ring (bicyclic) bond motifs is 3. The van der Waals surface area contributed by atoms with E-state index in [0.717, 1.165) is 64.7 Å². The highest BCUT2D eigenvalue weighted by atomic mass is 35.5. The highest BCUT2D eigenvalue weighted by Crippen LogP contribution is 2.55. The third kappa shape index (κ3) is 7.57. The minimum absolute atomic E-state index is 0.114. The first-order valence-corrected chi connectivity index (χ1v) is 21.4. The molecule has 2 aromatic carbocycles. The molecule has 4 aliphatic rings. The van der Waals surface area contributed by atoms with Crippen molar-refractivity contribution in [3.63, 3.8) is 0 Å². The van der Waals surface area contributed by atoms with Gasteiger partial charge in [0.05, 0.1) is 55.1 Å². The van der Waals surface area contributed by atoms with Gasteiger partial charge >= 0.3 is 12.2 Å². The number of pyridine rings is 1. The first-order chi connectivity index (χ1) is 29.3. The number of rotatable bonds is 11. The van der Waals surface area contributed by atoms with E-state index in [1.54, 1.807) is 6.20 Å². The summed E-state index contributed by atoms with van der Waals surface area (Å²) in [5, 5.41) is 6.76. The van der Waals surface area contributed by atoms with Crippen LogP contribution in [0.25, 0.3) is 44.7 Å². The molecule has 0 radical (unpaired) electrons. The largest absolute Gasteiger partial charge is 0.453 e. The lowest BCUT2D eigenvalue weighted by atomic mass is 10.0. The highest BCUT2D eigenvalue weighted by Gasteiger charge is 2.57. The van der Waals surface area contributed by atoms with Crippen LogP contribution in [0.1, 0.15) is 77.1 Å². The predicted octanol–water partition coefficient (Wildman–Crippen LogP) is 7.42. The number of alkyl carbamates (subject to hydrolysis) is 2. The number of ether oxygens (including phenoxy) is 2. The van der Waals surface area contributed by atoms with Crippen LogP contribution in [0.2, 0.25) is 5.15 Å². The Morgan fingerprint density at radius 2 is 1.26 bits per heavy atom. The van der Waals surface area contributed by atoms with E-state index >= 15 is 0 Å². The van der Waals surface area contributed by atoms with Gasteiger partial charge in [-0.1, -0.05) is 75.7 Å². The number of halogens is 1. The van der Waals surface area contributed by atoms with Crippen molar-refractivity contribution in [2.75, 3.05) is 14.2 Å². The average molecular weight is 848 g/mol. The summed E-state index contributed by atoms with van der Waals surface area (Å²) in [5.74, 6) is 1.66. The molecule has 2 aliphatic heterocycles. The lowest BCUT2D eigenvalue weighted by Gasteiger charge is -2.31. The van der Waals surface area contributed by atoms with Crippen molar-refractivity contribution in [3.8, 4) is 33.8 Å². The number of benzene rings is 2. The molecule has 4 amide bonds. The molecule has 5 heterocycles. The molecule has 0 spiro atoms. The third-order valence-electron chi connectivity index (χ3n) is 12.9. The number of aromatic nitrogens is 5. The Labute approximate surface area is 358 Å². The van der Waals surface area contributed by atoms with Crippen molar-refractivity contribution in [3.05, 3.63) is 77.6 Å². The fourth-order valence-corrected chi connectivity index (χ4v) is 9.64. The van der Waals surface area contributed by atoms with E-state index < -0.39 is 24.3 Å². The van der Waals surface area contributed by atoms with Gasteiger partial charge in [-0.2, -0.15) is 0 Å². The number of methoxy groups -OCH3 is 2. The van der Waals surface area contributed by atoms with Gasteiger partial charge in [0.1, 0.15) is 23.7 Å². The summed E-state index contributed by atoms with van der Waals surface area (Å²) in [7, 11) is 2.58. The molecule has 2 saturated carbocycles. The number of amides is 4. The standard InChI is InChI=1S/C45H50ClN9O6/c1-21(2)36(51-44(58)60-5)42(56)54-32-16-27(32)18-34(54)40-47-20-31(49-40)30-14-12-26-15-25(11-13-29(26)48-30)23-7-9-24(10-8-23)38-39(46)53-41(50-38)35-19-28-17-33(28)55(35)43(57)37(22(3)4)52-45(59)61-6/h7-15,20-22,27-28,32-37H,16-19H2,1-6H3,(H,47,49)(H,50,53)(H,51,58)(H,52,59)/t27?,28?,32-,33-,34+,35+,36+,37+/m1/s1. The monoisotopic (exact) mass is 847 g/mol. The second kappa shape index (κ2) is 15.8. The molecule has 9 rings (SSSR count). The molecule has 3 aromatic heterocycles. The van der Waals surface area contributed by atoms with E-state index in [-0.39, 0.29) is 47.8 Å². The zero-order valence-corrected chi connectivity index (χ0v) is 35.7. The second-order valence-corrected chi connectivity index (χ2v) is 17.8. The summed E-state index contributed by atoms with van der Waals surface area (Å²) in [6.45, 7) is 7.63. The van der Waals surface area contributed by atoms with Crippen molar-refractivity contribution in [1.29, 1.82) is 0 Å². The van der Waals surface area contributed by atoms with Crippen LogP contribution in [-0.4, -0.2) is 97.1 Å². The van der Waals surface area contributed by atoms with Gasteiger partial charge in [0.25, 0.3) is 0 Å². The van der Waals surface area contributed by atoms with Crippen LogP contribution in [-0.2, 0) is 19.1 Å². The van der Waals surface area contributed by atoms with E-state index in [4.69, 9.17) is 36.0 Å². The molecule has 2 unspecified atom stereocenters. The van der Waals surface area contributed by atoms with E-state index in [2.05, 4.69) is 26.7 Å². The lowest BCUT2D eigenvalue weighted by molar-refractivity contribution is -0.137. The molecule has 0 bridgehead atoms. The van der Waals surface area contributed by atoms with E-state index in [1.165, 1.54) is 14.2 Å². The number of carbonyl (C=O) groups is 4. The number of carbonyl (C=O) groups excluding carboxylic acids is 4. The minimum Gasteiger partial charge on any atom is -0.453 e. The van der Waals surface area contributed by atoms with Gasteiger partial charge in [-0.3, -0.25) is 9.59 Å². The zero-order chi connectivity index (χ0) is 42.9. The van der Waals surface area contributed by atoms with Crippen LogP contribution in [0.5, 0.6) is 0 Å². The Morgan fingerprint density at radius 3 is 1.84 bits per heavy atom. The van der Waals surface area contributed by atoms with Gasteiger partial charge < -0.3 is 39.9 Å². The third-order valence-corrected chi connectivity index (χ3v) is 13.2. The summed E-state index contributed by atoms with van der Waals surface area (Å²) < 4.78 is 9.60. The van der Waals surface area contributed by atoms with Crippen molar-refractivity contribution < 1.29 is 28.7 Å². The molecule has 8 atom stereocenters. The maximum atomic E-state index is 13.9. The van der Waals surface area contributed by atoms with Gasteiger partial charge in [-0.25, -0.2) is 24.5 Å². The fourth-order valence-electron chi connectivity index (χ4n) is 9.39. The number of nitrogens with zero attached hydrogens (tertiary/aromatic N) is 5. The zero-order valence-electron chi connectivity index (χ0n) is 34.9. The Bertz CT molecular complexity index is 2520. The molecule has 4 fully saturated rings. The van der Waals surface area contributed by atoms with Crippen LogP contribution in [0.4, 0.5) is 9.59 Å². The normalized spacial score (nSPS) is 23.4. The maximum absolute atomic E-state index is 13.9. The Morgan fingerprint density at radius 1 is 0.705 bits per heavy atom. The molecule has 318 valence electrons. The SMILES string of the molecule is COC(=O)N[C@H](C(=O)N1[C@@H]2CC2C[C@H]1c1ncc(-c2ccc3cc(-c4ccc(-c5[nH]c([C@@H]6CC7C[C@H]7N6C(=O)[C@@H](NC(=O)OC)C(C)C)nc5Cl)cc4)ccc3n2)[nH]1)C(C)C. The quantitative estimate of drug-likeness (QED) is 0.105. The average Bonchev–Trinajstić information content (AvgIpc) is 3.90. The van der Waals surface area contributed by atoms with Crippen LogP contribution >= 0.6 is 11.6 Å². The van der Waals surface area contributed by atoms with E-state index in [1.807, 2.05) is 86.0 Å². The Hall–Kier alpha value is -5.96. The topological polar surface area (TPSA) is 188 Å². The van der Waals surface area contributed by atoms with Gasteiger partial charge in [0.2, 0.25) is 11.8 Å². The number of piperidine rings is 2. The maximum Gasteiger partial charge on any atom is 0.407 e. The Kier molecular flexibility index (Phi) is 10.5. The number of imidazole rings is 2. The summed E-state index contributed by atoms with van der Waals surface area (Å²) in [6, 6.07) is 16.6. The first-order valence-electron chi connectivity index (χ1n) is 21.0. The molecular weight excluding hydrogens is 798 g/mol. The molecule has 2 aliphatic carbocycles. The number of nitrogens with one attached hydrogen (secondary N) is 4. The number of hydrogen-bond acceptors (Lipinski definition) is 9. The Balaban J connectivity index is 0.893. The molecule has 5 aromatic rings. The second-order valence-electron chi connectivity index (χ2n) is 17.5. The van der Waals surface area contributed by atoms with E-state index in [0.29, 0.717) is 34.3 Å². The van der Waals surface area contributed by atoms with Crippen molar-refractivity contribution >= 4 is 46.5 Å². The van der Waals surface area contributed by atoms with Gasteiger partial charge in [-0.05, 0) is 78.7 Å². The number of aromatic amines is 2. The lowest BCUT2D eigenvalue weighted by Crippen LogP contribution is -2.52. The molecule has 61 heavy (non-hydrogen) atoms. The van der Waals surface area contributed by atoms with Gasteiger partial charge in [0, 0.05) is 23.0 Å².